The standard InChI is InChI=1S/C29H37N5O2/c1-34(26-17-12-19-30-23-26)29(36)33-21-11-3-2-10-20-31-28(35)32-22-18-27(24-13-6-4-7-14-24)25-15-8-5-9-16-25/h4-9,12-17,19,23,27H,2-3,10-11,18,20-22H2,1H3,(H,33,36)(H2,31,32,35). The number of amides is 4. The van der Waals surface area contributed by atoms with Crippen LogP contribution in [0.4, 0.5) is 15.3 Å². The van der Waals surface area contributed by atoms with Crippen LogP contribution in [0, 0.1) is 0 Å². The van der Waals surface area contributed by atoms with Crippen LogP contribution >= 0.6 is 0 Å². The Kier molecular flexibility index (Phi) is 11.3. The smallest absolute Gasteiger partial charge is 0.321 e. The number of urea groups is 2. The molecule has 4 amide bonds. The largest absolute Gasteiger partial charge is 0.338 e. The normalized spacial score (nSPS) is 10.6. The van der Waals surface area contributed by atoms with Crippen LogP contribution in [0.5, 0.6) is 0 Å². The van der Waals surface area contributed by atoms with Crippen LogP contribution in [0.1, 0.15) is 49.1 Å². The number of anilines is 1. The number of carbonyl (C=O) groups is 2. The van der Waals surface area contributed by atoms with E-state index in [1.807, 2.05) is 18.2 Å². The molecule has 0 atom stereocenters. The van der Waals surface area contributed by atoms with Crippen molar-refractivity contribution in [3.05, 3.63) is 96.3 Å². The Morgan fingerprint density at radius 2 is 1.33 bits per heavy atom. The van der Waals surface area contributed by atoms with Gasteiger partial charge in [-0.05, 0) is 42.5 Å². The molecule has 3 aromatic rings. The van der Waals surface area contributed by atoms with E-state index in [2.05, 4.69) is 69.5 Å². The topological polar surface area (TPSA) is 86.4 Å². The predicted octanol–water partition coefficient (Wildman–Crippen LogP) is 5.31. The molecule has 0 bridgehead atoms. The van der Waals surface area contributed by atoms with E-state index in [0.29, 0.717) is 19.6 Å². The summed E-state index contributed by atoms with van der Waals surface area (Å²) in [5.74, 6) is 0.248. The van der Waals surface area contributed by atoms with Gasteiger partial charge in [0.15, 0.2) is 0 Å². The fraction of sp³-hybridized carbons (Fsp3) is 0.345. The fourth-order valence-electron chi connectivity index (χ4n) is 4.08. The Labute approximate surface area is 214 Å². The number of aromatic nitrogens is 1. The molecule has 0 unspecified atom stereocenters. The minimum absolute atomic E-state index is 0.124. The lowest BCUT2D eigenvalue weighted by atomic mass is 9.88. The highest BCUT2D eigenvalue weighted by Gasteiger charge is 2.14. The van der Waals surface area contributed by atoms with Gasteiger partial charge in [-0.1, -0.05) is 73.5 Å². The van der Waals surface area contributed by atoms with Crippen molar-refractivity contribution in [1.82, 2.24) is 20.9 Å². The maximum Gasteiger partial charge on any atom is 0.321 e. The molecule has 7 heteroatoms. The van der Waals surface area contributed by atoms with Crippen molar-refractivity contribution >= 4 is 17.7 Å². The second-order valence-electron chi connectivity index (χ2n) is 8.76. The van der Waals surface area contributed by atoms with E-state index in [-0.39, 0.29) is 18.0 Å². The van der Waals surface area contributed by atoms with Gasteiger partial charge in [-0.15, -0.1) is 0 Å². The van der Waals surface area contributed by atoms with Crippen LogP contribution in [0.25, 0.3) is 0 Å². The number of benzene rings is 2. The Hall–Kier alpha value is -3.87. The van der Waals surface area contributed by atoms with Gasteiger partial charge >= 0.3 is 12.1 Å². The summed E-state index contributed by atoms with van der Waals surface area (Å²) in [5.41, 5.74) is 3.27. The number of nitrogens with one attached hydrogen (secondary N) is 3. The Bertz CT molecular complexity index is 992. The van der Waals surface area contributed by atoms with Crippen LogP contribution in [-0.4, -0.2) is 43.7 Å². The van der Waals surface area contributed by atoms with Gasteiger partial charge < -0.3 is 16.0 Å². The molecule has 7 nitrogen and oxygen atoms in total. The first-order chi connectivity index (χ1) is 17.6. The van der Waals surface area contributed by atoms with Crippen LogP contribution < -0.4 is 20.9 Å². The van der Waals surface area contributed by atoms with Crippen molar-refractivity contribution in [1.29, 1.82) is 0 Å². The molecule has 3 rings (SSSR count). The van der Waals surface area contributed by atoms with Crippen LogP contribution in [-0.2, 0) is 0 Å². The number of rotatable bonds is 13. The molecular weight excluding hydrogens is 450 g/mol. The van der Waals surface area contributed by atoms with Crippen molar-refractivity contribution in [2.45, 2.75) is 38.0 Å². The molecule has 3 N–H and O–H groups in total. The van der Waals surface area contributed by atoms with Crippen molar-refractivity contribution in [2.24, 2.45) is 0 Å². The molecule has 0 saturated heterocycles. The fourth-order valence-corrected chi connectivity index (χ4v) is 4.08. The van der Waals surface area contributed by atoms with Crippen molar-refractivity contribution in [2.75, 3.05) is 31.6 Å². The predicted molar refractivity (Wildman–Crippen MR) is 145 cm³/mol. The highest BCUT2D eigenvalue weighted by atomic mass is 16.2. The molecule has 0 aliphatic carbocycles. The first-order valence-electron chi connectivity index (χ1n) is 12.7. The second-order valence-corrected chi connectivity index (χ2v) is 8.76. The zero-order valence-electron chi connectivity index (χ0n) is 21.0. The van der Waals surface area contributed by atoms with E-state index in [9.17, 15) is 9.59 Å². The average Bonchev–Trinajstić information content (AvgIpc) is 2.93. The summed E-state index contributed by atoms with van der Waals surface area (Å²) in [6.07, 6.45) is 7.99. The van der Waals surface area contributed by atoms with Crippen LogP contribution in [0.2, 0.25) is 0 Å². The first kappa shape index (κ1) is 26.7. The number of hydrogen-bond donors (Lipinski definition) is 3. The Morgan fingerprint density at radius 3 is 1.92 bits per heavy atom. The number of nitrogens with zero attached hydrogens (tertiary/aromatic N) is 2. The van der Waals surface area contributed by atoms with Crippen molar-refractivity contribution < 1.29 is 9.59 Å². The minimum atomic E-state index is -0.136. The number of carbonyl (C=O) groups excluding carboxylic acids is 2. The zero-order chi connectivity index (χ0) is 25.4. The third-order valence-electron chi connectivity index (χ3n) is 6.13. The molecule has 0 saturated carbocycles. The summed E-state index contributed by atoms with van der Waals surface area (Å²) >= 11 is 0. The summed E-state index contributed by atoms with van der Waals surface area (Å²) in [7, 11) is 1.73. The molecule has 0 aliphatic heterocycles. The van der Waals surface area contributed by atoms with Gasteiger partial charge in [0.05, 0.1) is 11.9 Å². The number of pyridine rings is 1. The number of unbranched alkanes of at least 4 members (excludes halogenated alkanes) is 3. The lowest BCUT2D eigenvalue weighted by Crippen LogP contribution is -2.37. The molecule has 1 aromatic heterocycles. The molecule has 0 radical (unpaired) electrons. The number of hydrogen-bond acceptors (Lipinski definition) is 3. The van der Waals surface area contributed by atoms with E-state index in [1.54, 1.807) is 30.4 Å². The van der Waals surface area contributed by atoms with Crippen LogP contribution in [0.3, 0.4) is 0 Å². The Morgan fingerprint density at radius 1 is 0.750 bits per heavy atom. The lowest BCUT2D eigenvalue weighted by molar-refractivity contribution is 0.240. The van der Waals surface area contributed by atoms with Gasteiger partial charge in [-0.2, -0.15) is 0 Å². The third kappa shape index (κ3) is 9.06. The monoisotopic (exact) mass is 487 g/mol. The molecule has 0 fully saturated rings. The quantitative estimate of drug-likeness (QED) is 0.286. The highest BCUT2D eigenvalue weighted by Crippen LogP contribution is 2.27. The molecule has 0 aliphatic rings. The van der Waals surface area contributed by atoms with Gasteiger partial charge in [0.1, 0.15) is 0 Å². The summed E-state index contributed by atoms with van der Waals surface area (Å²) in [5, 5.41) is 8.86. The van der Waals surface area contributed by atoms with Crippen molar-refractivity contribution in [3.8, 4) is 0 Å². The summed E-state index contributed by atoms with van der Waals surface area (Å²) < 4.78 is 0. The second kappa shape index (κ2) is 15.2. The van der Waals surface area contributed by atoms with Gasteiger partial charge in [-0.3, -0.25) is 9.88 Å². The maximum absolute atomic E-state index is 12.2. The highest BCUT2D eigenvalue weighted by molar-refractivity contribution is 5.91. The molecule has 36 heavy (non-hydrogen) atoms. The maximum atomic E-state index is 12.2. The van der Waals surface area contributed by atoms with Gasteiger partial charge in [0.25, 0.3) is 0 Å². The molecule has 2 aromatic carbocycles. The van der Waals surface area contributed by atoms with Crippen LogP contribution in [0.15, 0.2) is 85.2 Å². The van der Waals surface area contributed by atoms with Gasteiger partial charge in [0.2, 0.25) is 0 Å². The molecule has 1 heterocycles. The van der Waals surface area contributed by atoms with E-state index >= 15 is 0 Å². The summed E-state index contributed by atoms with van der Waals surface area (Å²) in [6, 6.07) is 24.2. The van der Waals surface area contributed by atoms with E-state index in [1.165, 1.54) is 11.1 Å². The molecular formula is C29H37N5O2. The average molecular weight is 488 g/mol. The van der Waals surface area contributed by atoms with Crippen molar-refractivity contribution in [3.63, 3.8) is 0 Å². The molecule has 190 valence electrons. The minimum Gasteiger partial charge on any atom is -0.338 e. The lowest BCUT2D eigenvalue weighted by Gasteiger charge is -2.18. The molecule has 0 spiro atoms. The van der Waals surface area contributed by atoms with Gasteiger partial charge in [-0.25, -0.2) is 9.59 Å². The SMILES string of the molecule is CN(C(=O)NCCCCCCNC(=O)NCCC(c1ccccc1)c1ccccc1)c1cccnc1. The third-order valence-corrected chi connectivity index (χ3v) is 6.13. The van der Waals surface area contributed by atoms with E-state index in [0.717, 1.165) is 37.8 Å². The first-order valence-corrected chi connectivity index (χ1v) is 12.7. The summed E-state index contributed by atoms with van der Waals surface area (Å²) in [6.45, 7) is 1.87. The van der Waals surface area contributed by atoms with E-state index < -0.39 is 0 Å². The zero-order valence-corrected chi connectivity index (χ0v) is 21.0. The van der Waals surface area contributed by atoms with Gasteiger partial charge in [0, 0.05) is 38.8 Å². The summed E-state index contributed by atoms with van der Waals surface area (Å²) in [4.78, 5) is 30.0. The Balaban J connectivity index is 1.24. The van der Waals surface area contributed by atoms with E-state index in [4.69, 9.17) is 0 Å².